The number of aliphatic hydroxyl groups excluding tert-OH is 1. The van der Waals surface area contributed by atoms with Gasteiger partial charge in [-0.3, -0.25) is 0 Å². The van der Waals surface area contributed by atoms with Crippen LogP contribution in [0.25, 0.3) is 11.0 Å². The molecule has 0 bridgehead atoms. The zero-order chi connectivity index (χ0) is 14.5. The molecule has 2 unspecified atom stereocenters. The fourth-order valence-electron chi connectivity index (χ4n) is 2.34. The Bertz CT molecular complexity index is 599. The van der Waals surface area contributed by atoms with Gasteiger partial charge < -0.3 is 25.1 Å². The predicted molar refractivity (Wildman–Crippen MR) is 77.8 cm³/mol. The molecule has 0 saturated carbocycles. The summed E-state index contributed by atoms with van der Waals surface area (Å²) in [5.41, 5.74) is 2.48. The van der Waals surface area contributed by atoms with Crippen molar-refractivity contribution in [3.05, 3.63) is 34.2 Å². The van der Waals surface area contributed by atoms with Gasteiger partial charge in [-0.25, -0.2) is 4.79 Å². The molecule has 0 radical (unpaired) electrons. The zero-order valence-electron chi connectivity index (χ0n) is 11.8. The van der Waals surface area contributed by atoms with Gasteiger partial charge in [-0.2, -0.15) is 0 Å². The van der Waals surface area contributed by atoms with Crippen LogP contribution < -0.4 is 11.0 Å². The van der Waals surface area contributed by atoms with E-state index in [9.17, 15) is 4.79 Å². The maximum Gasteiger partial charge on any atom is 0.323 e. The molecule has 110 valence electrons. The van der Waals surface area contributed by atoms with Crippen LogP contribution in [0.3, 0.4) is 0 Å². The monoisotopic (exact) mass is 279 g/mol. The molecule has 2 atom stereocenters. The summed E-state index contributed by atoms with van der Waals surface area (Å²) in [7, 11) is 1.65. The van der Waals surface area contributed by atoms with Crippen molar-refractivity contribution in [2.75, 3.05) is 20.3 Å². The van der Waals surface area contributed by atoms with Crippen LogP contribution in [0.1, 0.15) is 24.9 Å². The largest absolute Gasteiger partial charge is 0.396 e. The standard InChI is InChI=1S/C14H21N3O3/c1-9(15-11(5-6-18)8-20-2)10-3-4-12-13(7-10)17-14(19)16-12/h3-4,7,9,11,15,18H,5-6,8H2,1-2H3,(H2,16,17,19). The van der Waals surface area contributed by atoms with Crippen molar-refractivity contribution in [2.45, 2.75) is 25.4 Å². The van der Waals surface area contributed by atoms with E-state index in [4.69, 9.17) is 9.84 Å². The molecule has 6 nitrogen and oxygen atoms in total. The Labute approximate surface area is 117 Å². The van der Waals surface area contributed by atoms with Crippen molar-refractivity contribution in [3.8, 4) is 0 Å². The maximum absolute atomic E-state index is 11.2. The summed E-state index contributed by atoms with van der Waals surface area (Å²) in [6.45, 7) is 2.72. The normalized spacial score (nSPS) is 14.6. The molecule has 1 heterocycles. The number of aromatic amines is 2. The van der Waals surface area contributed by atoms with Gasteiger partial charge in [-0.05, 0) is 31.0 Å². The third-order valence-corrected chi connectivity index (χ3v) is 3.37. The second kappa shape index (κ2) is 6.69. The van der Waals surface area contributed by atoms with Crippen molar-refractivity contribution >= 4 is 11.0 Å². The molecule has 1 aromatic carbocycles. The number of benzene rings is 1. The predicted octanol–water partition coefficient (Wildman–Crippen LogP) is 0.904. The highest BCUT2D eigenvalue weighted by Gasteiger charge is 2.13. The van der Waals surface area contributed by atoms with Crippen LogP contribution >= 0.6 is 0 Å². The van der Waals surface area contributed by atoms with Gasteiger partial charge in [0, 0.05) is 25.8 Å². The van der Waals surface area contributed by atoms with Gasteiger partial charge in [0.25, 0.3) is 0 Å². The number of imidazole rings is 1. The number of nitrogens with one attached hydrogen (secondary N) is 3. The maximum atomic E-state index is 11.2. The van der Waals surface area contributed by atoms with Crippen LogP contribution in [0.2, 0.25) is 0 Å². The first-order chi connectivity index (χ1) is 9.63. The minimum absolute atomic E-state index is 0.0981. The molecule has 0 aliphatic heterocycles. The minimum atomic E-state index is -0.199. The highest BCUT2D eigenvalue weighted by Crippen LogP contribution is 2.17. The van der Waals surface area contributed by atoms with Crippen LogP contribution in [0.5, 0.6) is 0 Å². The Kier molecular flexibility index (Phi) is 4.94. The third-order valence-electron chi connectivity index (χ3n) is 3.37. The Balaban J connectivity index is 2.12. The lowest BCUT2D eigenvalue weighted by Crippen LogP contribution is -2.36. The van der Waals surface area contributed by atoms with Gasteiger partial charge in [0.2, 0.25) is 0 Å². The molecule has 20 heavy (non-hydrogen) atoms. The second-order valence-corrected chi connectivity index (χ2v) is 4.94. The Morgan fingerprint density at radius 2 is 2.10 bits per heavy atom. The number of methoxy groups -OCH3 is 1. The SMILES string of the molecule is COCC(CCO)NC(C)c1ccc2[nH]c(=O)[nH]c2c1. The average Bonchev–Trinajstić information content (AvgIpc) is 2.78. The first kappa shape index (κ1) is 14.8. The van der Waals surface area contributed by atoms with Crippen molar-refractivity contribution in [1.29, 1.82) is 0 Å². The van der Waals surface area contributed by atoms with E-state index >= 15 is 0 Å². The molecule has 4 N–H and O–H groups in total. The summed E-state index contributed by atoms with van der Waals surface area (Å²) in [5.74, 6) is 0. The molecule has 6 heteroatoms. The molecular weight excluding hydrogens is 258 g/mol. The summed E-state index contributed by atoms with van der Waals surface area (Å²) >= 11 is 0. The van der Waals surface area contributed by atoms with Crippen LogP contribution in [0.4, 0.5) is 0 Å². The highest BCUT2D eigenvalue weighted by molar-refractivity contribution is 5.75. The number of hydrogen-bond acceptors (Lipinski definition) is 4. The van der Waals surface area contributed by atoms with Crippen molar-refractivity contribution < 1.29 is 9.84 Å². The van der Waals surface area contributed by atoms with Crippen LogP contribution in [0.15, 0.2) is 23.0 Å². The summed E-state index contributed by atoms with van der Waals surface area (Å²) < 4.78 is 5.14. The Hall–Kier alpha value is -1.63. The number of rotatable bonds is 7. The molecule has 0 amide bonds. The minimum Gasteiger partial charge on any atom is -0.396 e. The Morgan fingerprint density at radius 1 is 1.35 bits per heavy atom. The molecular formula is C14H21N3O3. The molecule has 2 rings (SSSR count). The number of H-pyrrole nitrogens is 2. The zero-order valence-corrected chi connectivity index (χ0v) is 11.8. The number of aliphatic hydroxyl groups is 1. The van der Waals surface area contributed by atoms with Crippen molar-refractivity contribution in [1.82, 2.24) is 15.3 Å². The molecule has 1 aromatic heterocycles. The van der Waals surface area contributed by atoms with Gasteiger partial charge >= 0.3 is 5.69 Å². The summed E-state index contributed by atoms with van der Waals surface area (Å²) in [4.78, 5) is 16.7. The summed E-state index contributed by atoms with van der Waals surface area (Å²) in [5, 5.41) is 12.5. The second-order valence-electron chi connectivity index (χ2n) is 4.94. The van der Waals surface area contributed by atoms with E-state index in [1.807, 2.05) is 25.1 Å². The first-order valence-electron chi connectivity index (χ1n) is 6.72. The van der Waals surface area contributed by atoms with E-state index in [2.05, 4.69) is 15.3 Å². The topological polar surface area (TPSA) is 90.1 Å². The summed E-state index contributed by atoms with van der Waals surface area (Å²) in [6, 6.07) is 6.02. The van der Waals surface area contributed by atoms with Gasteiger partial charge in [-0.1, -0.05) is 6.07 Å². The summed E-state index contributed by atoms with van der Waals surface area (Å²) in [6.07, 6.45) is 0.640. The highest BCUT2D eigenvalue weighted by atomic mass is 16.5. The number of fused-ring (bicyclic) bond motifs is 1. The fraction of sp³-hybridized carbons (Fsp3) is 0.500. The smallest absolute Gasteiger partial charge is 0.323 e. The first-order valence-corrected chi connectivity index (χ1v) is 6.72. The van der Waals surface area contributed by atoms with Crippen LogP contribution in [-0.4, -0.2) is 41.4 Å². The molecule has 0 aliphatic carbocycles. The van der Waals surface area contributed by atoms with Gasteiger partial charge in [0.05, 0.1) is 17.6 Å². The molecule has 0 saturated heterocycles. The lowest BCUT2D eigenvalue weighted by molar-refractivity contribution is 0.143. The number of aromatic nitrogens is 2. The average molecular weight is 279 g/mol. The molecule has 0 spiro atoms. The quantitative estimate of drug-likeness (QED) is 0.606. The van der Waals surface area contributed by atoms with E-state index in [-0.39, 0.29) is 24.4 Å². The number of ether oxygens (including phenoxy) is 1. The van der Waals surface area contributed by atoms with Gasteiger partial charge in [-0.15, -0.1) is 0 Å². The Morgan fingerprint density at radius 3 is 2.80 bits per heavy atom. The van der Waals surface area contributed by atoms with Gasteiger partial charge in [0.15, 0.2) is 0 Å². The van der Waals surface area contributed by atoms with Crippen LogP contribution in [0, 0.1) is 0 Å². The lowest BCUT2D eigenvalue weighted by atomic mass is 10.1. The number of hydrogen-bond donors (Lipinski definition) is 4. The third kappa shape index (κ3) is 3.47. The molecule has 0 aliphatic rings. The molecule has 0 fully saturated rings. The van der Waals surface area contributed by atoms with Crippen molar-refractivity contribution in [3.63, 3.8) is 0 Å². The van der Waals surface area contributed by atoms with E-state index in [0.29, 0.717) is 13.0 Å². The fourth-order valence-corrected chi connectivity index (χ4v) is 2.34. The molecule has 2 aromatic rings. The van der Waals surface area contributed by atoms with E-state index in [0.717, 1.165) is 16.6 Å². The van der Waals surface area contributed by atoms with E-state index in [1.54, 1.807) is 7.11 Å². The van der Waals surface area contributed by atoms with E-state index in [1.165, 1.54) is 0 Å². The van der Waals surface area contributed by atoms with Crippen LogP contribution in [-0.2, 0) is 4.74 Å². The lowest BCUT2D eigenvalue weighted by Gasteiger charge is -2.22. The van der Waals surface area contributed by atoms with Crippen molar-refractivity contribution in [2.24, 2.45) is 0 Å². The van der Waals surface area contributed by atoms with E-state index < -0.39 is 0 Å². The van der Waals surface area contributed by atoms with Gasteiger partial charge in [0.1, 0.15) is 0 Å².